The first kappa shape index (κ1) is 13.8. The summed E-state index contributed by atoms with van der Waals surface area (Å²) in [5.41, 5.74) is 0. The summed E-state index contributed by atoms with van der Waals surface area (Å²) in [5.74, 6) is 1.99. The summed E-state index contributed by atoms with van der Waals surface area (Å²) < 4.78 is 10.6. The fourth-order valence-electron chi connectivity index (χ4n) is 2.46. The number of rotatable bonds is 3. The Morgan fingerprint density at radius 2 is 2.10 bits per heavy atom. The number of aromatic nitrogens is 3. The number of nitrogens with zero attached hydrogens (tertiary/aromatic N) is 4. The van der Waals surface area contributed by atoms with Crippen LogP contribution in [0.3, 0.4) is 0 Å². The molecule has 0 bridgehead atoms. The maximum Gasteiger partial charge on any atom is 0.292 e. The minimum atomic E-state index is -0.112. The molecule has 0 spiro atoms. The lowest BCUT2D eigenvalue weighted by molar-refractivity contribution is 0.0664. The predicted octanol–water partition coefficient (Wildman–Crippen LogP) is 2.20. The van der Waals surface area contributed by atoms with Crippen LogP contribution in [0, 0.1) is 0 Å². The molecule has 0 radical (unpaired) electrons. The average Bonchev–Trinajstić information content (AvgIpc) is 3.18. The number of likely N-dealkylation sites (tertiary alicyclic amines) is 1. The smallest absolute Gasteiger partial charge is 0.292 e. The van der Waals surface area contributed by atoms with Gasteiger partial charge in [-0.05, 0) is 12.8 Å². The van der Waals surface area contributed by atoms with Crippen molar-refractivity contribution in [1.29, 1.82) is 0 Å². The normalized spacial score (nSPS) is 16.6. The van der Waals surface area contributed by atoms with Crippen molar-refractivity contribution in [2.45, 2.75) is 38.5 Å². The van der Waals surface area contributed by atoms with Crippen molar-refractivity contribution in [3.8, 4) is 0 Å². The minimum Gasteiger partial charge on any atom is -0.425 e. The van der Waals surface area contributed by atoms with Gasteiger partial charge in [0.05, 0.1) is 6.20 Å². The van der Waals surface area contributed by atoms with E-state index < -0.39 is 0 Å². The van der Waals surface area contributed by atoms with Gasteiger partial charge in [-0.25, -0.2) is 0 Å². The number of amides is 1. The molecule has 0 aliphatic carbocycles. The van der Waals surface area contributed by atoms with E-state index in [1.807, 2.05) is 13.8 Å². The Labute approximate surface area is 122 Å². The molecular weight excluding hydrogens is 272 g/mol. The molecule has 1 fully saturated rings. The molecule has 0 N–H and O–H groups in total. The Morgan fingerprint density at radius 1 is 1.33 bits per heavy atom. The quantitative estimate of drug-likeness (QED) is 0.861. The van der Waals surface area contributed by atoms with E-state index in [-0.39, 0.29) is 23.5 Å². The van der Waals surface area contributed by atoms with Gasteiger partial charge in [-0.2, -0.15) is 0 Å². The second-order valence-electron chi connectivity index (χ2n) is 5.58. The minimum absolute atomic E-state index is 0.112. The van der Waals surface area contributed by atoms with Crippen LogP contribution in [0.5, 0.6) is 0 Å². The molecule has 1 aliphatic heterocycles. The lowest BCUT2D eigenvalue weighted by atomic mass is 9.96. The van der Waals surface area contributed by atoms with Crippen molar-refractivity contribution in [3.05, 3.63) is 29.8 Å². The number of hydrogen-bond acceptors (Lipinski definition) is 6. The SMILES string of the molecule is CC(C)c1nnc(C2CCN(C(=O)c3ccno3)CC2)o1. The van der Waals surface area contributed by atoms with Crippen LogP contribution in [0.2, 0.25) is 0 Å². The van der Waals surface area contributed by atoms with E-state index in [4.69, 9.17) is 8.94 Å². The fraction of sp³-hybridized carbons (Fsp3) is 0.571. The Morgan fingerprint density at radius 3 is 2.67 bits per heavy atom. The lowest BCUT2D eigenvalue weighted by Gasteiger charge is -2.29. The van der Waals surface area contributed by atoms with E-state index in [1.165, 1.54) is 6.20 Å². The first-order valence-electron chi connectivity index (χ1n) is 7.18. The van der Waals surface area contributed by atoms with Gasteiger partial charge in [0.1, 0.15) is 0 Å². The van der Waals surface area contributed by atoms with Gasteiger partial charge in [0, 0.05) is 31.0 Å². The van der Waals surface area contributed by atoms with Crippen molar-refractivity contribution in [3.63, 3.8) is 0 Å². The van der Waals surface area contributed by atoms with Crippen LogP contribution >= 0.6 is 0 Å². The van der Waals surface area contributed by atoms with Crippen molar-refractivity contribution >= 4 is 5.91 Å². The number of carbonyl (C=O) groups excluding carboxylic acids is 1. The standard InChI is InChI=1S/C14H18N4O3/c1-9(2)12-16-17-13(20-12)10-4-7-18(8-5-10)14(19)11-3-6-15-21-11/h3,6,9-10H,4-5,7-8H2,1-2H3. The van der Waals surface area contributed by atoms with Gasteiger partial charge in [-0.1, -0.05) is 19.0 Å². The monoisotopic (exact) mass is 290 g/mol. The topological polar surface area (TPSA) is 85.3 Å². The van der Waals surface area contributed by atoms with E-state index in [0.717, 1.165) is 12.8 Å². The Balaban J connectivity index is 1.61. The van der Waals surface area contributed by atoms with E-state index in [2.05, 4.69) is 15.4 Å². The van der Waals surface area contributed by atoms with E-state index in [1.54, 1.807) is 11.0 Å². The summed E-state index contributed by atoms with van der Waals surface area (Å²) >= 11 is 0. The molecule has 112 valence electrons. The molecule has 7 heteroatoms. The molecule has 2 aromatic heterocycles. The van der Waals surface area contributed by atoms with E-state index >= 15 is 0 Å². The zero-order valence-electron chi connectivity index (χ0n) is 12.2. The van der Waals surface area contributed by atoms with Crippen LogP contribution in [0.1, 0.15) is 60.9 Å². The molecule has 21 heavy (non-hydrogen) atoms. The third-order valence-electron chi connectivity index (χ3n) is 3.73. The Hall–Kier alpha value is -2.18. The van der Waals surface area contributed by atoms with Crippen LogP contribution in [0.15, 0.2) is 21.2 Å². The van der Waals surface area contributed by atoms with Crippen LogP contribution in [-0.4, -0.2) is 39.3 Å². The lowest BCUT2D eigenvalue weighted by Crippen LogP contribution is -2.37. The maximum absolute atomic E-state index is 12.1. The van der Waals surface area contributed by atoms with Crippen LogP contribution in [0.25, 0.3) is 0 Å². The summed E-state index contributed by atoms with van der Waals surface area (Å²) in [6.45, 7) is 5.36. The predicted molar refractivity (Wildman–Crippen MR) is 72.8 cm³/mol. The molecule has 0 saturated carbocycles. The third-order valence-corrected chi connectivity index (χ3v) is 3.73. The molecule has 1 saturated heterocycles. The highest BCUT2D eigenvalue weighted by molar-refractivity contribution is 5.91. The van der Waals surface area contributed by atoms with Gasteiger partial charge in [0.2, 0.25) is 17.5 Å². The van der Waals surface area contributed by atoms with Gasteiger partial charge in [0.15, 0.2) is 0 Å². The molecule has 3 heterocycles. The summed E-state index contributed by atoms with van der Waals surface area (Å²) in [5, 5.41) is 11.8. The molecule has 0 atom stereocenters. The highest BCUT2D eigenvalue weighted by Gasteiger charge is 2.29. The van der Waals surface area contributed by atoms with Crippen LogP contribution in [-0.2, 0) is 0 Å². The molecule has 2 aromatic rings. The Kier molecular flexibility index (Phi) is 3.72. The molecule has 1 aliphatic rings. The van der Waals surface area contributed by atoms with Crippen molar-refractivity contribution < 1.29 is 13.7 Å². The average molecular weight is 290 g/mol. The van der Waals surface area contributed by atoms with E-state index in [9.17, 15) is 4.79 Å². The number of hydrogen-bond donors (Lipinski definition) is 0. The van der Waals surface area contributed by atoms with Crippen molar-refractivity contribution in [1.82, 2.24) is 20.3 Å². The van der Waals surface area contributed by atoms with Gasteiger partial charge >= 0.3 is 0 Å². The van der Waals surface area contributed by atoms with Crippen LogP contribution < -0.4 is 0 Å². The maximum atomic E-state index is 12.1. The molecule has 3 rings (SSSR count). The molecular formula is C14H18N4O3. The highest BCUT2D eigenvalue weighted by atomic mass is 16.5. The fourth-order valence-corrected chi connectivity index (χ4v) is 2.46. The molecule has 1 amide bonds. The zero-order valence-corrected chi connectivity index (χ0v) is 12.2. The van der Waals surface area contributed by atoms with E-state index in [0.29, 0.717) is 24.9 Å². The number of piperidine rings is 1. The highest BCUT2D eigenvalue weighted by Crippen LogP contribution is 2.28. The molecule has 7 nitrogen and oxygen atoms in total. The Bertz CT molecular complexity index is 598. The second kappa shape index (κ2) is 5.67. The zero-order chi connectivity index (χ0) is 14.8. The van der Waals surface area contributed by atoms with Gasteiger partial charge in [-0.15, -0.1) is 10.2 Å². The van der Waals surface area contributed by atoms with Crippen molar-refractivity contribution in [2.24, 2.45) is 0 Å². The molecule has 0 aromatic carbocycles. The summed E-state index contributed by atoms with van der Waals surface area (Å²) in [6, 6.07) is 1.58. The summed E-state index contributed by atoms with van der Waals surface area (Å²) in [6.07, 6.45) is 3.12. The van der Waals surface area contributed by atoms with Gasteiger partial charge in [-0.3, -0.25) is 4.79 Å². The second-order valence-corrected chi connectivity index (χ2v) is 5.58. The largest absolute Gasteiger partial charge is 0.425 e. The summed E-state index contributed by atoms with van der Waals surface area (Å²) in [7, 11) is 0. The summed E-state index contributed by atoms with van der Waals surface area (Å²) in [4.78, 5) is 13.9. The van der Waals surface area contributed by atoms with Crippen LogP contribution in [0.4, 0.5) is 0 Å². The van der Waals surface area contributed by atoms with Gasteiger partial charge in [0.25, 0.3) is 5.91 Å². The van der Waals surface area contributed by atoms with Gasteiger partial charge < -0.3 is 13.8 Å². The first-order chi connectivity index (χ1) is 10.1. The first-order valence-corrected chi connectivity index (χ1v) is 7.18. The number of carbonyl (C=O) groups is 1. The molecule has 0 unspecified atom stereocenters. The van der Waals surface area contributed by atoms with Crippen molar-refractivity contribution in [2.75, 3.05) is 13.1 Å². The third kappa shape index (κ3) is 2.81.